The number of thiol groups is 1. The summed E-state index contributed by atoms with van der Waals surface area (Å²) >= 11 is 3.81. The molecule has 0 spiro atoms. The van der Waals surface area contributed by atoms with Gasteiger partial charge in [0.2, 0.25) is 5.12 Å². The zero-order valence-electron chi connectivity index (χ0n) is 16.0. The summed E-state index contributed by atoms with van der Waals surface area (Å²) in [6, 6.07) is 8.51. The lowest BCUT2D eigenvalue weighted by Crippen LogP contribution is -2.39. The Hall–Kier alpha value is -2.22. The van der Waals surface area contributed by atoms with E-state index in [9.17, 15) is 14.4 Å². The van der Waals surface area contributed by atoms with Gasteiger partial charge in [-0.15, -0.1) is 12.6 Å². The van der Waals surface area contributed by atoms with E-state index in [-0.39, 0.29) is 6.61 Å². The zero-order valence-corrected chi connectivity index (χ0v) is 16.9. The van der Waals surface area contributed by atoms with E-state index in [0.717, 1.165) is 5.56 Å². The maximum Gasteiger partial charge on any atom is 0.408 e. The molecule has 2 N–H and O–H groups in total. The van der Waals surface area contributed by atoms with Gasteiger partial charge in [0.25, 0.3) is 0 Å². The first-order valence-corrected chi connectivity index (χ1v) is 9.29. The fourth-order valence-corrected chi connectivity index (χ4v) is 2.34. The van der Waals surface area contributed by atoms with Crippen LogP contribution in [-0.2, 0) is 20.9 Å². The quantitative estimate of drug-likeness (QED) is 0.439. The van der Waals surface area contributed by atoms with E-state index in [1.165, 1.54) is 0 Å². The molecular weight excluding hydrogens is 368 g/mol. The van der Waals surface area contributed by atoms with E-state index in [1.54, 1.807) is 20.8 Å². The maximum atomic E-state index is 11.8. The summed E-state index contributed by atoms with van der Waals surface area (Å²) in [5, 5.41) is 4.72. The van der Waals surface area contributed by atoms with Gasteiger partial charge in [-0.05, 0) is 45.6 Å². The van der Waals surface area contributed by atoms with Gasteiger partial charge in [-0.3, -0.25) is 4.79 Å². The van der Waals surface area contributed by atoms with Crippen LogP contribution in [0.3, 0.4) is 0 Å². The standard InChI is InChI=1S/C19H28N2O5S/c1-19(2,3)26-17(23)20-12-8-7-11-15(16(22)27)21-18(24)25-13-14-9-5-4-6-10-14/h4-6,9-10,15H,7-8,11-13H2,1-3H3,(H,20,23)(H,21,24)(H,22,27)/t15-/m0/s1. The van der Waals surface area contributed by atoms with Crippen LogP contribution < -0.4 is 10.6 Å². The predicted octanol–water partition coefficient (Wildman–Crippen LogP) is 3.43. The van der Waals surface area contributed by atoms with Crippen molar-refractivity contribution < 1.29 is 23.9 Å². The number of amides is 2. The normalized spacial score (nSPS) is 12.0. The van der Waals surface area contributed by atoms with Crippen molar-refractivity contribution >= 4 is 29.9 Å². The van der Waals surface area contributed by atoms with Gasteiger partial charge in [-0.2, -0.15) is 0 Å². The third-order valence-corrected chi connectivity index (χ3v) is 3.70. The van der Waals surface area contributed by atoms with Gasteiger partial charge in [0.05, 0.1) is 0 Å². The Balaban J connectivity index is 2.26. The van der Waals surface area contributed by atoms with Gasteiger partial charge >= 0.3 is 12.2 Å². The molecule has 0 saturated carbocycles. The minimum Gasteiger partial charge on any atom is -0.445 e. The summed E-state index contributed by atoms with van der Waals surface area (Å²) in [5.74, 6) is 0. The van der Waals surface area contributed by atoms with Crippen molar-refractivity contribution in [3.8, 4) is 0 Å². The van der Waals surface area contributed by atoms with Crippen LogP contribution in [0.1, 0.15) is 45.6 Å². The van der Waals surface area contributed by atoms with Gasteiger partial charge in [-0.1, -0.05) is 30.3 Å². The third-order valence-electron chi connectivity index (χ3n) is 3.39. The van der Waals surface area contributed by atoms with Crippen LogP contribution in [0.4, 0.5) is 9.59 Å². The Bertz CT molecular complexity index is 616. The number of hydrogen-bond acceptors (Lipinski definition) is 5. The number of hydrogen-bond donors (Lipinski definition) is 3. The first kappa shape index (κ1) is 22.8. The highest BCUT2D eigenvalue weighted by molar-refractivity contribution is 7.96. The molecule has 0 radical (unpaired) electrons. The van der Waals surface area contributed by atoms with E-state index in [1.807, 2.05) is 30.3 Å². The first-order valence-electron chi connectivity index (χ1n) is 8.84. The number of carbonyl (C=O) groups excluding carboxylic acids is 3. The van der Waals surface area contributed by atoms with Crippen molar-refractivity contribution in [2.24, 2.45) is 0 Å². The average molecular weight is 397 g/mol. The SMILES string of the molecule is CC(C)(C)OC(=O)NCCCC[C@H](NC(=O)OCc1ccccc1)C(=O)S. The molecule has 0 aromatic heterocycles. The average Bonchev–Trinajstić information content (AvgIpc) is 2.57. The lowest BCUT2D eigenvalue weighted by atomic mass is 10.1. The first-order chi connectivity index (χ1) is 12.7. The number of alkyl carbamates (subject to hydrolysis) is 2. The molecule has 0 aliphatic heterocycles. The summed E-state index contributed by atoms with van der Waals surface area (Å²) in [5.41, 5.74) is 0.312. The maximum absolute atomic E-state index is 11.8. The van der Waals surface area contributed by atoms with Gasteiger partial charge in [0, 0.05) is 6.54 Å². The zero-order chi connectivity index (χ0) is 20.3. The molecular formula is C19H28N2O5S. The molecule has 0 unspecified atom stereocenters. The molecule has 7 nitrogen and oxygen atoms in total. The summed E-state index contributed by atoms with van der Waals surface area (Å²) < 4.78 is 10.2. The molecule has 0 aliphatic rings. The van der Waals surface area contributed by atoms with Crippen LogP contribution >= 0.6 is 12.6 Å². The fraction of sp³-hybridized carbons (Fsp3) is 0.526. The second-order valence-corrected chi connectivity index (χ2v) is 7.46. The highest BCUT2D eigenvalue weighted by Gasteiger charge is 2.19. The summed E-state index contributed by atoms with van der Waals surface area (Å²) in [7, 11) is 0. The Morgan fingerprint density at radius 2 is 1.74 bits per heavy atom. The molecule has 0 bridgehead atoms. The topological polar surface area (TPSA) is 93.7 Å². The van der Waals surface area contributed by atoms with Crippen LogP contribution in [0, 0.1) is 0 Å². The van der Waals surface area contributed by atoms with Crippen LogP contribution in [-0.4, -0.2) is 35.5 Å². The van der Waals surface area contributed by atoms with E-state index < -0.39 is 28.9 Å². The highest BCUT2D eigenvalue weighted by atomic mass is 32.1. The van der Waals surface area contributed by atoms with E-state index in [2.05, 4.69) is 23.3 Å². The van der Waals surface area contributed by atoms with Crippen LogP contribution in [0.15, 0.2) is 30.3 Å². The molecule has 150 valence electrons. The molecule has 1 aromatic carbocycles. The molecule has 1 atom stereocenters. The van der Waals surface area contributed by atoms with Crippen molar-refractivity contribution in [3.63, 3.8) is 0 Å². The number of carbonyl (C=O) groups is 3. The minimum absolute atomic E-state index is 0.125. The molecule has 2 amide bonds. The van der Waals surface area contributed by atoms with Gasteiger partial charge in [-0.25, -0.2) is 9.59 Å². The molecule has 0 saturated heterocycles. The van der Waals surface area contributed by atoms with Crippen molar-refractivity contribution in [1.29, 1.82) is 0 Å². The fourth-order valence-electron chi connectivity index (χ4n) is 2.14. The summed E-state index contributed by atoms with van der Waals surface area (Å²) in [6.45, 7) is 5.91. The molecule has 0 aliphatic carbocycles. The van der Waals surface area contributed by atoms with Crippen molar-refractivity contribution in [2.45, 2.75) is 58.3 Å². The Labute approximate surface area is 165 Å². The molecule has 0 heterocycles. The second kappa shape index (κ2) is 11.5. The second-order valence-electron chi connectivity index (χ2n) is 7.02. The smallest absolute Gasteiger partial charge is 0.408 e. The molecule has 27 heavy (non-hydrogen) atoms. The van der Waals surface area contributed by atoms with Gasteiger partial charge in [0.15, 0.2) is 0 Å². The molecule has 1 aromatic rings. The Morgan fingerprint density at radius 1 is 1.07 bits per heavy atom. The molecule has 0 fully saturated rings. The van der Waals surface area contributed by atoms with Gasteiger partial charge in [0.1, 0.15) is 18.2 Å². The number of unbranched alkanes of at least 4 members (excludes halogenated alkanes) is 1. The van der Waals surface area contributed by atoms with Crippen molar-refractivity contribution in [2.75, 3.05) is 6.54 Å². The van der Waals surface area contributed by atoms with E-state index in [4.69, 9.17) is 9.47 Å². The van der Waals surface area contributed by atoms with E-state index >= 15 is 0 Å². The number of nitrogens with one attached hydrogen (secondary N) is 2. The number of benzene rings is 1. The molecule has 8 heteroatoms. The van der Waals surface area contributed by atoms with Crippen LogP contribution in [0.2, 0.25) is 0 Å². The third kappa shape index (κ3) is 11.2. The number of ether oxygens (including phenoxy) is 2. The van der Waals surface area contributed by atoms with Gasteiger partial charge < -0.3 is 20.1 Å². The summed E-state index contributed by atoms with van der Waals surface area (Å²) in [4.78, 5) is 35.0. The lowest BCUT2D eigenvalue weighted by Gasteiger charge is -2.19. The monoisotopic (exact) mass is 396 g/mol. The largest absolute Gasteiger partial charge is 0.445 e. The van der Waals surface area contributed by atoms with Crippen molar-refractivity contribution in [3.05, 3.63) is 35.9 Å². The highest BCUT2D eigenvalue weighted by Crippen LogP contribution is 2.08. The lowest BCUT2D eigenvalue weighted by molar-refractivity contribution is -0.112. The number of rotatable bonds is 9. The van der Waals surface area contributed by atoms with E-state index in [0.29, 0.717) is 25.8 Å². The Kier molecular flexibility index (Phi) is 9.71. The van der Waals surface area contributed by atoms with Crippen molar-refractivity contribution in [1.82, 2.24) is 10.6 Å². The summed E-state index contributed by atoms with van der Waals surface area (Å²) in [6.07, 6.45) is 0.507. The Morgan fingerprint density at radius 3 is 2.33 bits per heavy atom. The minimum atomic E-state index is -0.738. The predicted molar refractivity (Wildman–Crippen MR) is 106 cm³/mol. The molecule has 1 rings (SSSR count). The van der Waals surface area contributed by atoms with Crippen LogP contribution in [0.25, 0.3) is 0 Å². The van der Waals surface area contributed by atoms with Crippen LogP contribution in [0.5, 0.6) is 0 Å².